The molecule has 0 N–H and O–H groups in total. The third-order valence-corrected chi connectivity index (χ3v) is 2.85. The largest absolute Gasteiger partial charge is 0.373 e. The van der Waals surface area contributed by atoms with E-state index in [1.807, 2.05) is 6.92 Å². The quantitative estimate of drug-likeness (QED) is 0.734. The topological polar surface area (TPSA) is 36.9 Å². The smallest absolute Gasteiger partial charge is 0.115 e. The van der Waals surface area contributed by atoms with Crippen LogP contribution in [-0.4, -0.2) is 49.8 Å². The van der Waals surface area contributed by atoms with Gasteiger partial charge in [-0.3, -0.25) is 0 Å². The highest BCUT2D eigenvalue weighted by molar-refractivity contribution is 4.96. The van der Waals surface area contributed by atoms with Gasteiger partial charge in [0, 0.05) is 6.61 Å². The normalized spacial score (nSPS) is 39.0. The Morgan fingerprint density at radius 1 is 1.06 bits per heavy atom. The number of fused-ring (bicyclic) bond motifs is 1. The summed E-state index contributed by atoms with van der Waals surface area (Å²) in [7, 11) is 0. The summed E-state index contributed by atoms with van der Waals surface area (Å²) in [6.45, 7) is 10.1. The molecule has 2 aliphatic heterocycles. The van der Waals surface area contributed by atoms with Crippen LogP contribution < -0.4 is 0 Å². The van der Waals surface area contributed by atoms with Gasteiger partial charge in [-0.15, -0.1) is 0 Å². The number of rotatable bonds is 3. The van der Waals surface area contributed by atoms with Crippen molar-refractivity contribution >= 4 is 0 Å². The fraction of sp³-hybridized carbons (Fsp3) is 1.00. The fourth-order valence-electron chi connectivity index (χ4n) is 2.34. The van der Waals surface area contributed by atoms with Crippen LogP contribution in [0.3, 0.4) is 0 Å². The molecular formula is C12H22O4. The maximum absolute atomic E-state index is 5.93. The predicted molar refractivity (Wildman–Crippen MR) is 59.5 cm³/mol. The zero-order valence-electron chi connectivity index (χ0n) is 10.6. The van der Waals surface area contributed by atoms with Gasteiger partial charge in [0.15, 0.2) is 0 Å². The van der Waals surface area contributed by atoms with Gasteiger partial charge in [0.2, 0.25) is 0 Å². The van der Waals surface area contributed by atoms with Crippen LogP contribution >= 0.6 is 0 Å². The summed E-state index contributed by atoms with van der Waals surface area (Å²) in [5.74, 6) is 0. The lowest BCUT2D eigenvalue weighted by Crippen LogP contribution is -2.38. The summed E-state index contributed by atoms with van der Waals surface area (Å²) in [5, 5.41) is 0. The molecule has 0 radical (unpaired) electrons. The number of ether oxygens (including phenoxy) is 4. The molecule has 0 spiro atoms. The van der Waals surface area contributed by atoms with Crippen molar-refractivity contribution in [3.8, 4) is 0 Å². The van der Waals surface area contributed by atoms with E-state index in [4.69, 9.17) is 18.9 Å². The summed E-state index contributed by atoms with van der Waals surface area (Å²) in [6, 6.07) is 0. The Labute approximate surface area is 97.2 Å². The van der Waals surface area contributed by atoms with Crippen molar-refractivity contribution in [1.29, 1.82) is 0 Å². The monoisotopic (exact) mass is 230 g/mol. The highest BCUT2D eigenvalue weighted by Gasteiger charge is 2.49. The van der Waals surface area contributed by atoms with Crippen molar-refractivity contribution in [3.05, 3.63) is 0 Å². The van der Waals surface area contributed by atoms with Crippen molar-refractivity contribution in [3.63, 3.8) is 0 Å². The molecule has 0 saturated carbocycles. The van der Waals surface area contributed by atoms with E-state index in [1.54, 1.807) is 0 Å². The Bertz CT molecular complexity index is 236. The van der Waals surface area contributed by atoms with Gasteiger partial charge in [-0.2, -0.15) is 0 Å². The maximum atomic E-state index is 5.93. The van der Waals surface area contributed by atoms with E-state index in [2.05, 4.69) is 20.8 Å². The van der Waals surface area contributed by atoms with Crippen molar-refractivity contribution in [2.75, 3.05) is 19.8 Å². The van der Waals surface area contributed by atoms with Gasteiger partial charge in [0.25, 0.3) is 0 Å². The first-order valence-corrected chi connectivity index (χ1v) is 6.04. The lowest BCUT2D eigenvalue weighted by Gasteiger charge is -2.26. The van der Waals surface area contributed by atoms with E-state index < -0.39 is 0 Å². The lowest BCUT2D eigenvalue weighted by molar-refractivity contribution is -0.105. The summed E-state index contributed by atoms with van der Waals surface area (Å²) in [5.41, 5.74) is -0.157. The maximum Gasteiger partial charge on any atom is 0.115 e. The molecule has 2 rings (SSSR count). The molecule has 0 aromatic heterocycles. The van der Waals surface area contributed by atoms with Crippen molar-refractivity contribution in [1.82, 2.24) is 0 Å². The summed E-state index contributed by atoms with van der Waals surface area (Å²) < 4.78 is 23.0. The first kappa shape index (κ1) is 12.3. The van der Waals surface area contributed by atoms with E-state index in [0.29, 0.717) is 19.8 Å². The van der Waals surface area contributed by atoms with Gasteiger partial charge in [-0.05, 0) is 27.7 Å². The Morgan fingerprint density at radius 2 is 1.62 bits per heavy atom. The van der Waals surface area contributed by atoms with Crippen molar-refractivity contribution in [2.45, 2.75) is 57.7 Å². The molecule has 4 atom stereocenters. The SMILES string of the molecule is CCO[C@H]1CO[C@H]2[C@@H]1OC[C@H]2OC(C)(C)C. The summed E-state index contributed by atoms with van der Waals surface area (Å²) in [4.78, 5) is 0. The zero-order valence-corrected chi connectivity index (χ0v) is 10.6. The summed E-state index contributed by atoms with van der Waals surface area (Å²) >= 11 is 0. The average Bonchev–Trinajstić information content (AvgIpc) is 2.69. The molecule has 0 aromatic rings. The molecule has 4 heteroatoms. The van der Waals surface area contributed by atoms with E-state index in [0.717, 1.165) is 0 Å². The first-order valence-electron chi connectivity index (χ1n) is 6.04. The molecule has 2 fully saturated rings. The molecule has 2 aliphatic rings. The Hall–Kier alpha value is -0.160. The van der Waals surface area contributed by atoms with Crippen molar-refractivity contribution in [2.24, 2.45) is 0 Å². The van der Waals surface area contributed by atoms with Crippen LogP contribution in [0.5, 0.6) is 0 Å². The van der Waals surface area contributed by atoms with E-state index in [9.17, 15) is 0 Å². The van der Waals surface area contributed by atoms with Crippen LogP contribution in [0.15, 0.2) is 0 Å². The van der Waals surface area contributed by atoms with Crippen LogP contribution in [0.25, 0.3) is 0 Å². The molecule has 0 bridgehead atoms. The minimum atomic E-state index is -0.157. The van der Waals surface area contributed by atoms with Crippen LogP contribution in [-0.2, 0) is 18.9 Å². The van der Waals surface area contributed by atoms with Gasteiger partial charge in [-0.1, -0.05) is 0 Å². The Balaban J connectivity index is 1.93. The highest BCUT2D eigenvalue weighted by atomic mass is 16.6. The Kier molecular flexibility index (Phi) is 3.54. The van der Waals surface area contributed by atoms with E-state index in [-0.39, 0.29) is 30.0 Å². The van der Waals surface area contributed by atoms with Gasteiger partial charge in [0.05, 0.1) is 18.8 Å². The standard InChI is InChI=1S/C12H22O4/c1-5-13-8-6-14-11-9(7-15-10(8)11)16-12(2,3)4/h8-11H,5-7H2,1-4H3/t8-,9+,10+,11+/m0/s1. The molecule has 2 heterocycles. The minimum absolute atomic E-state index is 0.0375. The minimum Gasteiger partial charge on any atom is -0.373 e. The second-order valence-electron chi connectivity index (χ2n) is 5.36. The molecule has 0 aliphatic carbocycles. The molecule has 0 unspecified atom stereocenters. The number of hydrogen-bond donors (Lipinski definition) is 0. The second-order valence-corrected chi connectivity index (χ2v) is 5.36. The number of hydrogen-bond acceptors (Lipinski definition) is 4. The van der Waals surface area contributed by atoms with Crippen LogP contribution in [0.2, 0.25) is 0 Å². The average molecular weight is 230 g/mol. The van der Waals surface area contributed by atoms with Crippen molar-refractivity contribution < 1.29 is 18.9 Å². The molecule has 94 valence electrons. The predicted octanol–water partition coefficient (Wildman–Crippen LogP) is 1.37. The first-order chi connectivity index (χ1) is 7.51. The zero-order chi connectivity index (χ0) is 11.8. The molecule has 0 aromatic carbocycles. The lowest BCUT2D eigenvalue weighted by atomic mass is 10.1. The molecule has 2 saturated heterocycles. The molecule has 4 nitrogen and oxygen atoms in total. The second kappa shape index (κ2) is 4.61. The third kappa shape index (κ3) is 2.56. The van der Waals surface area contributed by atoms with E-state index >= 15 is 0 Å². The summed E-state index contributed by atoms with van der Waals surface area (Å²) in [6.07, 6.45) is 0.196. The van der Waals surface area contributed by atoms with Gasteiger partial charge in [-0.25, -0.2) is 0 Å². The molecule has 0 amide bonds. The molecule has 16 heavy (non-hydrogen) atoms. The fourth-order valence-corrected chi connectivity index (χ4v) is 2.34. The Morgan fingerprint density at radius 3 is 2.19 bits per heavy atom. The van der Waals surface area contributed by atoms with Gasteiger partial charge in [0.1, 0.15) is 24.4 Å². The highest BCUT2D eigenvalue weighted by Crippen LogP contribution is 2.32. The van der Waals surface area contributed by atoms with Crippen LogP contribution in [0, 0.1) is 0 Å². The van der Waals surface area contributed by atoms with Crippen LogP contribution in [0.4, 0.5) is 0 Å². The van der Waals surface area contributed by atoms with E-state index in [1.165, 1.54) is 0 Å². The van der Waals surface area contributed by atoms with Crippen LogP contribution in [0.1, 0.15) is 27.7 Å². The molecular weight excluding hydrogens is 208 g/mol. The van der Waals surface area contributed by atoms with Gasteiger partial charge < -0.3 is 18.9 Å². The third-order valence-electron chi connectivity index (χ3n) is 2.85. The van der Waals surface area contributed by atoms with Gasteiger partial charge >= 0.3 is 0 Å².